The van der Waals surface area contributed by atoms with Crippen molar-refractivity contribution < 1.29 is 14.3 Å². The first kappa shape index (κ1) is 19.2. The van der Waals surface area contributed by atoms with Gasteiger partial charge >= 0.3 is 0 Å². The maximum absolute atomic E-state index is 12.3. The Kier molecular flexibility index (Phi) is 6.32. The largest absolute Gasteiger partial charge is 0.392 e. The van der Waals surface area contributed by atoms with Gasteiger partial charge in [-0.1, -0.05) is 12.1 Å². The maximum atomic E-state index is 12.3. The van der Waals surface area contributed by atoms with E-state index in [9.17, 15) is 9.18 Å². The van der Waals surface area contributed by atoms with Gasteiger partial charge in [0, 0.05) is 42.1 Å². The molecule has 0 amide bonds. The third-order valence-corrected chi connectivity index (χ3v) is 4.73. The predicted molar refractivity (Wildman–Crippen MR) is 104 cm³/mol. The second-order valence-corrected chi connectivity index (χ2v) is 6.79. The number of rotatable bonds is 3. The summed E-state index contributed by atoms with van der Waals surface area (Å²) < 4.78 is 14.3. The van der Waals surface area contributed by atoms with E-state index in [1.165, 1.54) is 0 Å². The Morgan fingerprint density at radius 3 is 2.52 bits per heavy atom. The normalized spacial score (nSPS) is 15.4. The molecular weight excluding hydrogens is 345 g/mol. The molecule has 6 heteroatoms. The molecule has 142 valence electrons. The molecule has 1 aromatic carbocycles. The van der Waals surface area contributed by atoms with Crippen LogP contribution in [0.5, 0.6) is 0 Å². The molecule has 1 fully saturated rings. The minimum Gasteiger partial charge on any atom is -0.392 e. The third kappa shape index (κ3) is 4.78. The molecule has 3 aromatic rings. The fourth-order valence-corrected chi connectivity index (χ4v) is 3.05. The highest BCUT2D eigenvalue weighted by atomic mass is 19.1. The van der Waals surface area contributed by atoms with Crippen LogP contribution in [-0.4, -0.2) is 52.2 Å². The SMILES string of the molecule is CN1CCC(F)CC1.O=Cc1cnc2c(ccn2-c2ccc(CO)cc2)c1. The Morgan fingerprint density at radius 2 is 1.93 bits per heavy atom. The van der Waals surface area contributed by atoms with Crippen molar-refractivity contribution >= 4 is 17.3 Å². The topological polar surface area (TPSA) is 58.4 Å². The first-order chi connectivity index (χ1) is 13.1. The van der Waals surface area contributed by atoms with E-state index in [0.29, 0.717) is 5.56 Å². The third-order valence-electron chi connectivity index (χ3n) is 4.73. The van der Waals surface area contributed by atoms with Crippen LogP contribution in [0.3, 0.4) is 0 Å². The lowest BCUT2D eigenvalue weighted by atomic mass is 10.1. The lowest BCUT2D eigenvalue weighted by molar-refractivity contribution is 0.112. The molecule has 1 N–H and O–H groups in total. The van der Waals surface area contributed by atoms with Crippen LogP contribution in [0.2, 0.25) is 0 Å². The van der Waals surface area contributed by atoms with Gasteiger partial charge in [0.25, 0.3) is 0 Å². The van der Waals surface area contributed by atoms with Gasteiger partial charge in [-0.2, -0.15) is 0 Å². The first-order valence-electron chi connectivity index (χ1n) is 9.06. The van der Waals surface area contributed by atoms with Crippen LogP contribution in [-0.2, 0) is 6.61 Å². The number of aliphatic hydroxyl groups excluding tert-OH is 1. The monoisotopic (exact) mass is 369 g/mol. The van der Waals surface area contributed by atoms with Gasteiger partial charge in [-0.3, -0.25) is 4.79 Å². The number of piperidine rings is 1. The molecule has 0 saturated carbocycles. The van der Waals surface area contributed by atoms with Crippen LogP contribution in [0.1, 0.15) is 28.8 Å². The van der Waals surface area contributed by atoms with Gasteiger partial charge in [0.2, 0.25) is 0 Å². The molecule has 3 heterocycles. The van der Waals surface area contributed by atoms with Crippen molar-refractivity contribution in [1.82, 2.24) is 14.5 Å². The van der Waals surface area contributed by atoms with Crippen molar-refractivity contribution in [2.75, 3.05) is 20.1 Å². The van der Waals surface area contributed by atoms with E-state index in [4.69, 9.17) is 5.11 Å². The highest BCUT2D eigenvalue weighted by Crippen LogP contribution is 2.19. The number of fused-ring (bicyclic) bond motifs is 1. The second kappa shape index (κ2) is 8.88. The fraction of sp³-hybridized carbons (Fsp3) is 0.333. The molecule has 27 heavy (non-hydrogen) atoms. The van der Waals surface area contributed by atoms with E-state index >= 15 is 0 Å². The van der Waals surface area contributed by atoms with E-state index in [1.807, 2.05) is 54.2 Å². The van der Waals surface area contributed by atoms with Crippen LogP contribution in [0.15, 0.2) is 48.8 Å². The molecular formula is C21H24FN3O2. The maximum Gasteiger partial charge on any atom is 0.151 e. The smallest absolute Gasteiger partial charge is 0.151 e. The van der Waals surface area contributed by atoms with Crippen LogP contribution in [0.25, 0.3) is 16.7 Å². The summed E-state index contributed by atoms with van der Waals surface area (Å²) in [7, 11) is 2.03. The zero-order chi connectivity index (χ0) is 19.2. The number of alkyl halides is 1. The Bertz CT molecular complexity index is 874. The van der Waals surface area contributed by atoms with Gasteiger partial charge in [-0.25, -0.2) is 9.37 Å². The van der Waals surface area contributed by atoms with Crippen molar-refractivity contribution in [2.24, 2.45) is 0 Å². The standard InChI is InChI=1S/C15H12N2O2.C6H12FN/c18-9-11-1-3-14(4-2-11)17-6-5-13-7-12(10-19)8-16-15(13)17;1-8-4-2-6(7)3-5-8/h1-8,10,18H,9H2;6H,2-5H2,1H3. The Labute approximate surface area is 158 Å². The molecule has 4 rings (SSSR count). The Balaban J connectivity index is 0.000000221. The molecule has 1 saturated heterocycles. The van der Waals surface area contributed by atoms with Crippen molar-refractivity contribution in [1.29, 1.82) is 0 Å². The van der Waals surface area contributed by atoms with E-state index in [1.54, 1.807) is 6.20 Å². The molecule has 0 aliphatic carbocycles. The van der Waals surface area contributed by atoms with Gasteiger partial charge in [0.1, 0.15) is 11.8 Å². The summed E-state index contributed by atoms with van der Waals surface area (Å²) in [6, 6.07) is 11.4. The number of hydrogen-bond donors (Lipinski definition) is 1. The van der Waals surface area contributed by atoms with E-state index in [0.717, 1.165) is 54.5 Å². The predicted octanol–water partition coefficient (Wildman–Crippen LogP) is 3.38. The van der Waals surface area contributed by atoms with Crippen molar-refractivity contribution in [2.45, 2.75) is 25.6 Å². The van der Waals surface area contributed by atoms with Crippen molar-refractivity contribution in [3.05, 3.63) is 59.9 Å². The van der Waals surface area contributed by atoms with E-state index in [2.05, 4.69) is 9.88 Å². The zero-order valence-corrected chi connectivity index (χ0v) is 15.4. The summed E-state index contributed by atoms with van der Waals surface area (Å²) in [6.07, 6.45) is 5.22. The molecule has 0 atom stereocenters. The highest BCUT2D eigenvalue weighted by molar-refractivity contribution is 5.85. The van der Waals surface area contributed by atoms with Crippen LogP contribution < -0.4 is 0 Å². The fourth-order valence-electron chi connectivity index (χ4n) is 3.05. The quantitative estimate of drug-likeness (QED) is 0.719. The van der Waals surface area contributed by atoms with E-state index < -0.39 is 6.17 Å². The van der Waals surface area contributed by atoms with Crippen molar-refractivity contribution in [3.8, 4) is 5.69 Å². The Hall–Kier alpha value is -2.57. The number of likely N-dealkylation sites (tertiary alicyclic amines) is 1. The van der Waals surface area contributed by atoms with Gasteiger partial charge in [0.15, 0.2) is 6.29 Å². The van der Waals surface area contributed by atoms with Crippen LogP contribution >= 0.6 is 0 Å². The number of carbonyl (C=O) groups excluding carboxylic acids is 1. The number of aldehydes is 1. The number of aliphatic hydroxyl groups is 1. The van der Waals surface area contributed by atoms with Gasteiger partial charge in [0.05, 0.1) is 6.61 Å². The van der Waals surface area contributed by atoms with Crippen LogP contribution in [0.4, 0.5) is 4.39 Å². The zero-order valence-electron chi connectivity index (χ0n) is 15.4. The summed E-state index contributed by atoms with van der Waals surface area (Å²) in [5.74, 6) is 0. The number of aromatic nitrogens is 2. The van der Waals surface area contributed by atoms with Gasteiger partial charge in [-0.15, -0.1) is 0 Å². The second-order valence-electron chi connectivity index (χ2n) is 6.79. The minimum absolute atomic E-state index is 0.0354. The van der Waals surface area contributed by atoms with Crippen molar-refractivity contribution in [3.63, 3.8) is 0 Å². The number of benzene rings is 1. The molecule has 1 aliphatic heterocycles. The average molecular weight is 369 g/mol. The molecule has 0 radical (unpaired) electrons. The van der Waals surface area contributed by atoms with Crippen LogP contribution in [0, 0.1) is 0 Å². The number of hydrogen-bond acceptors (Lipinski definition) is 4. The highest BCUT2D eigenvalue weighted by Gasteiger charge is 2.14. The number of carbonyl (C=O) groups is 1. The minimum atomic E-state index is -0.522. The molecule has 0 unspecified atom stereocenters. The summed E-state index contributed by atoms with van der Waals surface area (Å²) >= 11 is 0. The van der Waals surface area contributed by atoms with E-state index in [-0.39, 0.29) is 6.61 Å². The summed E-state index contributed by atoms with van der Waals surface area (Å²) in [5, 5.41) is 9.96. The molecule has 5 nitrogen and oxygen atoms in total. The lowest BCUT2D eigenvalue weighted by Gasteiger charge is -2.23. The number of halogens is 1. The molecule has 2 aromatic heterocycles. The average Bonchev–Trinajstić information content (AvgIpc) is 3.14. The van der Waals surface area contributed by atoms with Gasteiger partial charge in [-0.05, 0) is 49.7 Å². The molecule has 0 bridgehead atoms. The number of nitrogens with zero attached hydrogens (tertiary/aromatic N) is 3. The Morgan fingerprint density at radius 1 is 1.22 bits per heavy atom. The first-order valence-corrected chi connectivity index (χ1v) is 9.06. The summed E-state index contributed by atoms with van der Waals surface area (Å²) in [5.41, 5.74) is 3.22. The lowest BCUT2D eigenvalue weighted by Crippen LogP contribution is -2.30. The molecule has 1 aliphatic rings. The summed E-state index contributed by atoms with van der Waals surface area (Å²) in [4.78, 5) is 17.2. The number of pyridine rings is 1. The summed E-state index contributed by atoms with van der Waals surface area (Å²) in [6.45, 7) is 1.90. The molecule has 0 spiro atoms. The van der Waals surface area contributed by atoms with Gasteiger partial charge < -0.3 is 14.6 Å².